The van der Waals surface area contributed by atoms with E-state index in [9.17, 15) is 0 Å². The number of para-hydroxylation sites is 3. The van der Waals surface area contributed by atoms with E-state index >= 15 is 0 Å². The SMILES string of the molecule is c1ccc(-c2cc3cccc4c5cc6c(cc5n2c34)c2cccc3c4ccccc4n6c32)cc1. The molecule has 0 unspecified atom stereocenters. The van der Waals surface area contributed by atoms with E-state index in [0.29, 0.717) is 0 Å². The summed E-state index contributed by atoms with van der Waals surface area (Å²) in [4.78, 5) is 0. The molecule has 9 rings (SSSR count). The van der Waals surface area contributed by atoms with Crippen molar-refractivity contribution in [3.05, 3.63) is 109 Å². The van der Waals surface area contributed by atoms with Gasteiger partial charge in [0.15, 0.2) is 0 Å². The van der Waals surface area contributed by atoms with Crippen LogP contribution in [0.5, 0.6) is 0 Å². The fourth-order valence-corrected chi connectivity index (χ4v) is 6.41. The van der Waals surface area contributed by atoms with Gasteiger partial charge in [0, 0.05) is 37.7 Å². The van der Waals surface area contributed by atoms with Gasteiger partial charge >= 0.3 is 0 Å². The van der Waals surface area contributed by atoms with Gasteiger partial charge in [0.2, 0.25) is 0 Å². The number of benzene rings is 5. The molecule has 0 aliphatic heterocycles. The molecule has 0 spiro atoms. The fraction of sp³-hybridized carbons (Fsp3) is 0. The molecule has 4 heterocycles. The highest BCUT2D eigenvalue weighted by Gasteiger charge is 2.21. The van der Waals surface area contributed by atoms with Gasteiger partial charge in [0.1, 0.15) is 0 Å². The zero-order valence-electron chi connectivity index (χ0n) is 18.3. The molecule has 0 saturated heterocycles. The van der Waals surface area contributed by atoms with Gasteiger partial charge in [-0.2, -0.15) is 0 Å². The topological polar surface area (TPSA) is 8.82 Å². The lowest BCUT2D eigenvalue weighted by atomic mass is 10.1. The maximum Gasteiger partial charge on any atom is 0.0620 e. The van der Waals surface area contributed by atoms with Crippen LogP contribution in [0.4, 0.5) is 0 Å². The summed E-state index contributed by atoms with van der Waals surface area (Å²) in [6, 6.07) is 40.2. The number of fused-ring (bicyclic) bond motifs is 9. The third-order valence-electron chi connectivity index (χ3n) is 7.76. The largest absolute Gasteiger partial charge is 0.308 e. The smallest absolute Gasteiger partial charge is 0.0620 e. The van der Waals surface area contributed by atoms with Crippen molar-refractivity contribution >= 4 is 65.3 Å². The Morgan fingerprint density at radius 1 is 0.382 bits per heavy atom. The monoisotopic (exact) mass is 430 g/mol. The van der Waals surface area contributed by atoms with Crippen molar-refractivity contribution in [2.75, 3.05) is 0 Å². The fourth-order valence-electron chi connectivity index (χ4n) is 6.41. The Morgan fingerprint density at radius 2 is 1.00 bits per heavy atom. The van der Waals surface area contributed by atoms with Gasteiger partial charge < -0.3 is 8.80 Å². The van der Waals surface area contributed by atoms with E-state index in [1.807, 2.05) is 0 Å². The summed E-state index contributed by atoms with van der Waals surface area (Å²) in [7, 11) is 0. The highest BCUT2D eigenvalue weighted by Crippen LogP contribution is 2.44. The van der Waals surface area contributed by atoms with Crippen molar-refractivity contribution in [1.82, 2.24) is 8.80 Å². The molecule has 0 saturated carbocycles. The van der Waals surface area contributed by atoms with E-state index in [1.54, 1.807) is 0 Å². The van der Waals surface area contributed by atoms with E-state index in [-0.39, 0.29) is 0 Å². The molecule has 0 N–H and O–H groups in total. The lowest BCUT2D eigenvalue weighted by Gasteiger charge is -2.04. The van der Waals surface area contributed by atoms with Crippen molar-refractivity contribution in [2.45, 2.75) is 0 Å². The van der Waals surface area contributed by atoms with Crippen molar-refractivity contribution in [3.63, 3.8) is 0 Å². The quantitative estimate of drug-likeness (QED) is 0.247. The predicted molar refractivity (Wildman–Crippen MR) is 144 cm³/mol. The van der Waals surface area contributed by atoms with Gasteiger partial charge in [-0.05, 0) is 29.8 Å². The Labute approximate surface area is 194 Å². The standard InChI is InChI=1S/C32H18N2/c1-2-8-19(9-3-1)28-16-20-10-6-12-23-25-17-29-26(18-30(25)34(28)31(20)23)24-14-7-13-22-21-11-4-5-15-27(21)33(29)32(22)24/h1-18H. The maximum absolute atomic E-state index is 2.47. The molecule has 0 bridgehead atoms. The lowest BCUT2D eigenvalue weighted by Crippen LogP contribution is -1.86. The number of hydrogen-bond acceptors (Lipinski definition) is 0. The zero-order valence-corrected chi connectivity index (χ0v) is 18.3. The molecule has 2 nitrogen and oxygen atoms in total. The second-order valence-electron chi connectivity index (χ2n) is 9.42. The van der Waals surface area contributed by atoms with Crippen LogP contribution in [0.1, 0.15) is 0 Å². The van der Waals surface area contributed by atoms with E-state index < -0.39 is 0 Å². The minimum absolute atomic E-state index is 1.25. The van der Waals surface area contributed by atoms with E-state index in [4.69, 9.17) is 0 Å². The average molecular weight is 431 g/mol. The molecular formula is C32H18N2. The molecule has 2 heteroatoms. The van der Waals surface area contributed by atoms with E-state index in [2.05, 4.69) is 118 Å². The third kappa shape index (κ3) is 1.83. The second kappa shape index (κ2) is 5.67. The van der Waals surface area contributed by atoms with Crippen LogP contribution in [0.25, 0.3) is 76.5 Å². The summed E-state index contributed by atoms with van der Waals surface area (Å²) in [5.74, 6) is 0. The van der Waals surface area contributed by atoms with Gasteiger partial charge in [0.05, 0.1) is 33.3 Å². The first-order valence-electron chi connectivity index (χ1n) is 11.8. The molecule has 0 radical (unpaired) electrons. The average Bonchev–Trinajstić information content (AvgIpc) is 3.62. The van der Waals surface area contributed by atoms with Gasteiger partial charge in [-0.3, -0.25) is 0 Å². The molecule has 9 aromatic rings. The summed E-state index contributed by atoms with van der Waals surface area (Å²) >= 11 is 0. The molecule has 0 atom stereocenters. The molecule has 156 valence electrons. The summed E-state index contributed by atoms with van der Waals surface area (Å²) in [6.07, 6.45) is 0. The summed E-state index contributed by atoms with van der Waals surface area (Å²) in [5, 5.41) is 9.23. The molecular weight excluding hydrogens is 412 g/mol. The zero-order chi connectivity index (χ0) is 22.0. The normalized spacial score (nSPS) is 12.7. The number of rotatable bonds is 1. The molecule has 34 heavy (non-hydrogen) atoms. The van der Waals surface area contributed by atoms with Crippen LogP contribution in [0.2, 0.25) is 0 Å². The van der Waals surface area contributed by atoms with Crippen molar-refractivity contribution in [1.29, 1.82) is 0 Å². The van der Waals surface area contributed by atoms with Gasteiger partial charge in [-0.15, -0.1) is 0 Å². The lowest BCUT2D eigenvalue weighted by molar-refractivity contribution is 1.30. The Kier molecular flexibility index (Phi) is 2.83. The summed E-state index contributed by atoms with van der Waals surface area (Å²) < 4.78 is 4.95. The predicted octanol–water partition coefficient (Wildman–Crippen LogP) is 8.50. The Hall–Kier alpha value is -4.56. The molecule has 5 aromatic carbocycles. The molecule has 0 aliphatic carbocycles. The highest BCUT2D eigenvalue weighted by atomic mass is 14.9. The molecule has 0 aliphatic rings. The Bertz CT molecular complexity index is 2210. The first-order valence-corrected chi connectivity index (χ1v) is 11.8. The highest BCUT2D eigenvalue weighted by molar-refractivity contribution is 6.26. The van der Waals surface area contributed by atoms with Crippen LogP contribution in [0.3, 0.4) is 0 Å². The van der Waals surface area contributed by atoms with Crippen molar-refractivity contribution < 1.29 is 0 Å². The van der Waals surface area contributed by atoms with E-state index in [0.717, 1.165) is 0 Å². The Balaban J connectivity index is 1.56. The van der Waals surface area contributed by atoms with Crippen molar-refractivity contribution in [2.24, 2.45) is 0 Å². The van der Waals surface area contributed by atoms with Crippen LogP contribution in [-0.4, -0.2) is 8.80 Å². The minimum Gasteiger partial charge on any atom is -0.308 e. The van der Waals surface area contributed by atoms with Crippen LogP contribution in [0, 0.1) is 0 Å². The first kappa shape index (κ1) is 17.0. The third-order valence-corrected chi connectivity index (χ3v) is 7.76. The first-order chi connectivity index (χ1) is 16.9. The van der Waals surface area contributed by atoms with Gasteiger partial charge in [0.25, 0.3) is 0 Å². The number of nitrogens with zero attached hydrogens (tertiary/aromatic N) is 2. The minimum atomic E-state index is 1.25. The number of hydrogen-bond donors (Lipinski definition) is 0. The summed E-state index contributed by atoms with van der Waals surface area (Å²) in [5.41, 5.74) is 8.99. The molecule has 0 amide bonds. The summed E-state index contributed by atoms with van der Waals surface area (Å²) in [6.45, 7) is 0. The van der Waals surface area contributed by atoms with E-state index in [1.165, 1.54) is 76.5 Å². The maximum atomic E-state index is 2.47. The van der Waals surface area contributed by atoms with Crippen LogP contribution >= 0.6 is 0 Å². The number of aromatic nitrogens is 2. The van der Waals surface area contributed by atoms with Crippen LogP contribution in [-0.2, 0) is 0 Å². The molecule has 4 aromatic heterocycles. The van der Waals surface area contributed by atoms with Crippen LogP contribution < -0.4 is 0 Å². The van der Waals surface area contributed by atoms with Gasteiger partial charge in [-0.25, -0.2) is 0 Å². The molecule has 0 fully saturated rings. The second-order valence-corrected chi connectivity index (χ2v) is 9.42. The van der Waals surface area contributed by atoms with Crippen molar-refractivity contribution in [3.8, 4) is 11.3 Å². The van der Waals surface area contributed by atoms with Gasteiger partial charge in [-0.1, -0.05) is 84.9 Å². The Morgan fingerprint density at radius 3 is 1.82 bits per heavy atom. The van der Waals surface area contributed by atoms with Crippen LogP contribution in [0.15, 0.2) is 109 Å².